The van der Waals surface area contributed by atoms with Crippen molar-refractivity contribution in [1.82, 2.24) is 4.90 Å². The van der Waals surface area contributed by atoms with Gasteiger partial charge in [-0.05, 0) is 68.0 Å². The molecule has 2 saturated heterocycles. The Labute approximate surface area is 179 Å². The molecule has 2 fully saturated rings. The molecule has 0 aromatic heterocycles. The van der Waals surface area contributed by atoms with Crippen LogP contribution in [0.15, 0.2) is 42.5 Å². The van der Waals surface area contributed by atoms with E-state index in [0.717, 1.165) is 54.9 Å². The van der Waals surface area contributed by atoms with Gasteiger partial charge < -0.3 is 19.3 Å². The van der Waals surface area contributed by atoms with Crippen molar-refractivity contribution in [3.63, 3.8) is 0 Å². The number of piperidine rings is 1. The van der Waals surface area contributed by atoms with Gasteiger partial charge in [0, 0.05) is 30.8 Å². The molecule has 5 nitrogen and oxygen atoms in total. The predicted molar refractivity (Wildman–Crippen MR) is 117 cm³/mol. The molecule has 2 aliphatic heterocycles. The van der Waals surface area contributed by atoms with Crippen molar-refractivity contribution in [3.8, 4) is 11.5 Å². The molecule has 2 atom stereocenters. The molecular weight excluding hydrogens is 378 g/mol. The van der Waals surface area contributed by atoms with Crippen LogP contribution in [0, 0.1) is 0 Å². The van der Waals surface area contributed by atoms with Crippen LogP contribution in [0.1, 0.15) is 49.3 Å². The van der Waals surface area contributed by atoms with Gasteiger partial charge in [-0.2, -0.15) is 0 Å². The Balaban J connectivity index is 1.49. The highest BCUT2D eigenvalue weighted by Gasteiger charge is 2.48. The van der Waals surface area contributed by atoms with Crippen LogP contribution in [-0.4, -0.2) is 42.9 Å². The summed E-state index contributed by atoms with van der Waals surface area (Å²) < 4.78 is 16.4. The first-order valence-corrected chi connectivity index (χ1v) is 10.9. The van der Waals surface area contributed by atoms with Gasteiger partial charge >= 0.3 is 0 Å². The first-order valence-electron chi connectivity index (χ1n) is 10.9. The van der Waals surface area contributed by atoms with Crippen molar-refractivity contribution in [1.29, 1.82) is 0 Å². The Morgan fingerprint density at radius 1 is 1.00 bits per heavy atom. The van der Waals surface area contributed by atoms with E-state index in [1.807, 2.05) is 37.3 Å². The predicted octanol–water partition coefficient (Wildman–Crippen LogP) is 4.25. The summed E-state index contributed by atoms with van der Waals surface area (Å²) in [5, 5.41) is 11.5. The first kappa shape index (κ1) is 21.2. The number of aliphatic hydroxyl groups is 1. The smallest absolute Gasteiger partial charge is 0.124 e. The standard InChI is InChI=1S/C25H33NO4/c1-4-30-17-19-13-18(5-12-24(19)29-3)16-26-21-8-9-22(26)15-25(27,14-21)20-6-10-23(28-2)11-7-20/h5-7,10-13,21-22,27H,4,8-9,14-17H2,1-3H3/t21-,22-/m1/s1. The van der Waals surface area contributed by atoms with Crippen molar-refractivity contribution in [3.05, 3.63) is 59.2 Å². The van der Waals surface area contributed by atoms with Crippen LogP contribution in [0.2, 0.25) is 0 Å². The van der Waals surface area contributed by atoms with E-state index < -0.39 is 5.60 Å². The van der Waals surface area contributed by atoms with E-state index in [0.29, 0.717) is 25.3 Å². The second kappa shape index (κ2) is 8.96. The number of hydrogen-bond acceptors (Lipinski definition) is 5. The normalized spacial score (nSPS) is 26.0. The van der Waals surface area contributed by atoms with Gasteiger partial charge in [-0.25, -0.2) is 0 Å². The molecule has 0 aliphatic carbocycles. The number of fused-ring (bicyclic) bond motifs is 2. The van der Waals surface area contributed by atoms with Crippen LogP contribution in [0.4, 0.5) is 0 Å². The minimum Gasteiger partial charge on any atom is -0.497 e. The maximum absolute atomic E-state index is 11.5. The van der Waals surface area contributed by atoms with E-state index >= 15 is 0 Å². The Morgan fingerprint density at radius 2 is 1.70 bits per heavy atom. The fraction of sp³-hybridized carbons (Fsp3) is 0.520. The summed E-state index contributed by atoms with van der Waals surface area (Å²) in [6.07, 6.45) is 3.84. The van der Waals surface area contributed by atoms with Crippen LogP contribution < -0.4 is 9.47 Å². The van der Waals surface area contributed by atoms with Crippen molar-refractivity contribution >= 4 is 0 Å². The number of hydrogen-bond donors (Lipinski definition) is 1. The number of nitrogens with zero attached hydrogens (tertiary/aromatic N) is 1. The summed E-state index contributed by atoms with van der Waals surface area (Å²) in [4.78, 5) is 2.59. The molecule has 0 radical (unpaired) electrons. The van der Waals surface area contributed by atoms with Gasteiger partial charge in [0.25, 0.3) is 0 Å². The molecule has 2 aromatic rings. The molecule has 162 valence electrons. The maximum Gasteiger partial charge on any atom is 0.124 e. The summed E-state index contributed by atoms with van der Waals surface area (Å²) in [6.45, 7) is 4.16. The summed E-state index contributed by atoms with van der Waals surface area (Å²) >= 11 is 0. The second-order valence-corrected chi connectivity index (χ2v) is 8.51. The van der Waals surface area contributed by atoms with Gasteiger partial charge in [-0.3, -0.25) is 4.90 Å². The molecule has 0 spiro atoms. The lowest BCUT2D eigenvalue weighted by molar-refractivity contribution is -0.0595. The average molecular weight is 412 g/mol. The lowest BCUT2D eigenvalue weighted by Gasteiger charge is -2.44. The van der Waals surface area contributed by atoms with Crippen LogP contribution in [0.3, 0.4) is 0 Å². The topological polar surface area (TPSA) is 51.2 Å². The lowest BCUT2D eigenvalue weighted by Crippen LogP contribution is -2.49. The first-order chi connectivity index (χ1) is 14.6. The Kier molecular flexibility index (Phi) is 6.32. The molecule has 1 N–H and O–H groups in total. The summed E-state index contributed by atoms with van der Waals surface area (Å²) in [5.74, 6) is 1.70. The van der Waals surface area contributed by atoms with Crippen molar-refractivity contribution in [2.24, 2.45) is 0 Å². The van der Waals surface area contributed by atoms with Gasteiger partial charge in [0.2, 0.25) is 0 Å². The fourth-order valence-electron chi connectivity index (χ4n) is 5.18. The molecule has 2 aromatic carbocycles. The zero-order chi connectivity index (χ0) is 21.1. The molecule has 30 heavy (non-hydrogen) atoms. The van der Waals surface area contributed by atoms with Gasteiger partial charge in [0.1, 0.15) is 11.5 Å². The highest BCUT2D eigenvalue weighted by atomic mass is 16.5. The van der Waals surface area contributed by atoms with E-state index in [-0.39, 0.29) is 0 Å². The van der Waals surface area contributed by atoms with Crippen molar-refractivity contribution < 1.29 is 19.3 Å². The van der Waals surface area contributed by atoms with Crippen molar-refractivity contribution in [2.45, 2.75) is 63.4 Å². The number of methoxy groups -OCH3 is 2. The lowest BCUT2D eigenvalue weighted by atomic mass is 9.80. The number of benzene rings is 2. The molecular formula is C25H33NO4. The fourth-order valence-corrected chi connectivity index (χ4v) is 5.18. The molecule has 5 heteroatoms. The largest absolute Gasteiger partial charge is 0.497 e. The third-order valence-corrected chi connectivity index (χ3v) is 6.72. The number of ether oxygens (including phenoxy) is 3. The summed E-state index contributed by atoms with van der Waals surface area (Å²) in [5.41, 5.74) is 2.62. The van der Waals surface area contributed by atoms with E-state index in [1.54, 1.807) is 14.2 Å². The minimum absolute atomic E-state index is 0.397. The average Bonchev–Trinajstić information content (AvgIpc) is 3.01. The number of rotatable bonds is 8. The maximum atomic E-state index is 11.5. The molecule has 2 bridgehead atoms. The van der Waals surface area contributed by atoms with E-state index in [1.165, 1.54) is 5.56 Å². The Hall–Kier alpha value is -2.08. The highest BCUT2D eigenvalue weighted by Crippen LogP contribution is 2.46. The molecule has 0 saturated carbocycles. The Bertz CT molecular complexity index is 837. The quantitative estimate of drug-likeness (QED) is 0.704. The van der Waals surface area contributed by atoms with Gasteiger partial charge in [0.15, 0.2) is 0 Å². The SMILES string of the molecule is CCOCc1cc(CN2[C@@H]3CC[C@@H]2CC(O)(c2ccc(OC)cc2)C3)ccc1OC. The van der Waals surface area contributed by atoms with Crippen molar-refractivity contribution in [2.75, 3.05) is 20.8 Å². The molecule has 4 rings (SSSR count). The molecule has 0 unspecified atom stereocenters. The second-order valence-electron chi connectivity index (χ2n) is 8.51. The third kappa shape index (κ3) is 4.20. The zero-order valence-corrected chi connectivity index (χ0v) is 18.3. The van der Waals surface area contributed by atoms with Crippen LogP contribution >= 0.6 is 0 Å². The molecule has 2 aliphatic rings. The third-order valence-electron chi connectivity index (χ3n) is 6.72. The van der Waals surface area contributed by atoms with E-state index in [2.05, 4.69) is 17.0 Å². The van der Waals surface area contributed by atoms with Crippen LogP contribution in [-0.2, 0) is 23.5 Å². The molecule has 2 heterocycles. The van der Waals surface area contributed by atoms with Gasteiger partial charge in [-0.1, -0.05) is 18.2 Å². The highest BCUT2D eigenvalue weighted by molar-refractivity contribution is 5.37. The molecule has 0 amide bonds. The zero-order valence-electron chi connectivity index (χ0n) is 18.3. The van der Waals surface area contributed by atoms with Crippen LogP contribution in [0.5, 0.6) is 11.5 Å². The summed E-state index contributed by atoms with van der Waals surface area (Å²) in [7, 11) is 3.37. The van der Waals surface area contributed by atoms with Gasteiger partial charge in [-0.15, -0.1) is 0 Å². The van der Waals surface area contributed by atoms with E-state index in [9.17, 15) is 5.11 Å². The monoisotopic (exact) mass is 411 g/mol. The Morgan fingerprint density at radius 3 is 2.30 bits per heavy atom. The van der Waals surface area contributed by atoms with Gasteiger partial charge in [0.05, 0.1) is 26.4 Å². The van der Waals surface area contributed by atoms with Crippen LogP contribution in [0.25, 0.3) is 0 Å². The minimum atomic E-state index is -0.755. The summed E-state index contributed by atoms with van der Waals surface area (Å²) in [6, 6.07) is 15.1. The van der Waals surface area contributed by atoms with E-state index in [4.69, 9.17) is 14.2 Å².